The van der Waals surface area contributed by atoms with Crippen LogP contribution in [0.4, 0.5) is 0 Å². The van der Waals surface area contributed by atoms with E-state index in [-0.39, 0.29) is 11.8 Å². The maximum absolute atomic E-state index is 12.2. The van der Waals surface area contributed by atoms with Gasteiger partial charge in [-0.25, -0.2) is 0 Å². The van der Waals surface area contributed by atoms with Crippen molar-refractivity contribution in [1.82, 2.24) is 5.32 Å². The van der Waals surface area contributed by atoms with Crippen molar-refractivity contribution in [3.05, 3.63) is 77.9 Å². The Labute approximate surface area is 123 Å². The van der Waals surface area contributed by atoms with E-state index in [1.165, 1.54) is 0 Å². The average molecular weight is 274 g/mol. The van der Waals surface area contributed by atoms with Crippen molar-refractivity contribution in [3.63, 3.8) is 0 Å². The lowest BCUT2D eigenvalue weighted by molar-refractivity contribution is -0.122. The fourth-order valence-corrected chi connectivity index (χ4v) is 2.58. The minimum atomic E-state index is -0.695. The Morgan fingerprint density at radius 1 is 0.952 bits per heavy atom. The predicted octanol–water partition coefficient (Wildman–Crippen LogP) is 3.08. The number of nitrogens with zero attached hydrogens (tertiary/aromatic N) is 1. The molecule has 2 aromatic carbocycles. The summed E-state index contributed by atoms with van der Waals surface area (Å²) in [5.41, 5.74) is 2.69. The Hall–Kier alpha value is -2.86. The molecule has 0 fully saturated rings. The zero-order valence-corrected chi connectivity index (χ0v) is 11.4. The van der Waals surface area contributed by atoms with Gasteiger partial charge < -0.3 is 5.32 Å². The normalized spacial score (nSPS) is 21.1. The van der Waals surface area contributed by atoms with E-state index in [4.69, 9.17) is 0 Å². The van der Waals surface area contributed by atoms with Crippen LogP contribution in [0, 0.1) is 17.2 Å². The van der Waals surface area contributed by atoms with Crippen LogP contribution < -0.4 is 5.32 Å². The first-order chi connectivity index (χ1) is 10.3. The van der Waals surface area contributed by atoms with Gasteiger partial charge in [-0.15, -0.1) is 0 Å². The topological polar surface area (TPSA) is 52.9 Å². The zero-order valence-electron chi connectivity index (χ0n) is 11.4. The smallest absolute Gasteiger partial charge is 0.242 e. The van der Waals surface area contributed by atoms with Crippen molar-refractivity contribution in [2.24, 2.45) is 5.92 Å². The van der Waals surface area contributed by atoms with Gasteiger partial charge in [0.2, 0.25) is 5.91 Å². The van der Waals surface area contributed by atoms with Gasteiger partial charge in [0.25, 0.3) is 0 Å². The van der Waals surface area contributed by atoms with Crippen LogP contribution in [0.5, 0.6) is 0 Å². The first-order valence-corrected chi connectivity index (χ1v) is 6.82. The van der Waals surface area contributed by atoms with Gasteiger partial charge in [0, 0.05) is 11.6 Å². The number of nitriles is 1. The molecule has 2 aromatic rings. The molecule has 0 aromatic heterocycles. The molecule has 1 aliphatic heterocycles. The van der Waals surface area contributed by atoms with Crippen LogP contribution in [0.25, 0.3) is 5.70 Å². The number of hydrogen-bond acceptors (Lipinski definition) is 2. The average Bonchev–Trinajstić information content (AvgIpc) is 2.55. The predicted molar refractivity (Wildman–Crippen MR) is 80.8 cm³/mol. The second kappa shape index (κ2) is 5.64. The highest BCUT2D eigenvalue weighted by Gasteiger charge is 2.33. The van der Waals surface area contributed by atoms with E-state index in [9.17, 15) is 10.1 Å². The van der Waals surface area contributed by atoms with E-state index in [0.717, 1.165) is 16.8 Å². The number of carbonyl (C=O) groups is 1. The molecule has 3 nitrogen and oxygen atoms in total. The summed E-state index contributed by atoms with van der Waals surface area (Å²) in [7, 11) is 0. The Bertz CT molecular complexity index is 714. The number of carbonyl (C=O) groups excluding carboxylic acids is 1. The number of rotatable bonds is 2. The molecule has 102 valence electrons. The van der Waals surface area contributed by atoms with Gasteiger partial charge in [0.05, 0.1) is 6.07 Å². The first-order valence-electron chi connectivity index (χ1n) is 6.82. The third-order valence-electron chi connectivity index (χ3n) is 3.65. The molecule has 2 atom stereocenters. The van der Waals surface area contributed by atoms with Gasteiger partial charge >= 0.3 is 0 Å². The van der Waals surface area contributed by atoms with Gasteiger partial charge in [-0.1, -0.05) is 66.7 Å². The third-order valence-corrected chi connectivity index (χ3v) is 3.65. The minimum absolute atomic E-state index is 0.222. The van der Waals surface area contributed by atoms with Crippen molar-refractivity contribution in [1.29, 1.82) is 5.26 Å². The quantitative estimate of drug-likeness (QED) is 0.915. The molecule has 0 unspecified atom stereocenters. The van der Waals surface area contributed by atoms with E-state index < -0.39 is 5.92 Å². The van der Waals surface area contributed by atoms with E-state index in [1.54, 1.807) is 0 Å². The van der Waals surface area contributed by atoms with Crippen molar-refractivity contribution in [2.45, 2.75) is 5.92 Å². The van der Waals surface area contributed by atoms with Gasteiger partial charge in [-0.3, -0.25) is 4.79 Å². The van der Waals surface area contributed by atoms with E-state index in [2.05, 4.69) is 11.4 Å². The van der Waals surface area contributed by atoms with Crippen LogP contribution >= 0.6 is 0 Å². The Morgan fingerprint density at radius 2 is 1.57 bits per heavy atom. The number of nitrogens with one attached hydrogen (secondary N) is 1. The summed E-state index contributed by atoms with van der Waals surface area (Å²) in [5.74, 6) is -1.16. The maximum atomic E-state index is 12.2. The molecule has 0 saturated carbocycles. The highest BCUT2D eigenvalue weighted by Crippen LogP contribution is 2.32. The van der Waals surface area contributed by atoms with Crippen LogP contribution in [0.15, 0.2) is 66.7 Å². The Balaban J connectivity index is 2.06. The lowest BCUT2D eigenvalue weighted by atomic mass is 9.82. The summed E-state index contributed by atoms with van der Waals surface area (Å²) in [6, 6.07) is 21.5. The molecular formula is C18H14N2O. The monoisotopic (exact) mass is 274 g/mol. The van der Waals surface area contributed by atoms with E-state index >= 15 is 0 Å². The lowest BCUT2D eigenvalue weighted by Crippen LogP contribution is -2.36. The standard InChI is InChI=1S/C18H14N2O/c19-12-16-15(13-7-3-1-4-8-13)11-17(20-18(16)21)14-9-5-2-6-10-14/h1-11,15-16H,(H,20,21)/t15-,16+/m1/s1. The molecule has 21 heavy (non-hydrogen) atoms. The molecule has 0 bridgehead atoms. The van der Waals surface area contributed by atoms with Gasteiger partial charge in [-0.05, 0) is 11.1 Å². The van der Waals surface area contributed by atoms with E-state index in [1.807, 2.05) is 66.7 Å². The second-order valence-corrected chi connectivity index (χ2v) is 4.98. The first kappa shape index (κ1) is 13.1. The SMILES string of the molecule is N#C[C@@H]1C(=O)NC(c2ccccc2)=C[C@@H]1c1ccccc1. The molecule has 3 heteroatoms. The van der Waals surface area contributed by atoms with Crippen LogP contribution in [0.3, 0.4) is 0 Å². The molecule has 1 N–H and O–H groups in total. The van der Waals surface area contributed by atoms with Crippen LogP contribution in [-0.2, 0) is 4.79 Å². The molecule has 1 aliphatic rings. The van der Waals surface area contributed by atoms with Crippen LogP contribution in [0.2, 0.25) is 0 Å². The van der Waals surface area contributed by atoms with Gasteiger partial charge in [0.15, 0.2) is 0 Å². The van der Waals surface area contributed by atoms with Crippen molar-refractivity contribution in [3.8, 4) is 6.07 Å². The molecule has 0 aliphatic carbocycles. The third kappa shape index (κ3) is 2.56. The summed E-state index contributed by atoms with van der Waals surface area (Å²) < 4.78 is 0. The van der Waals surface area contributed by atoms with E-state index in [0.29, 0.717) is 0 Å². The fraction of sp³-hybridized carbons (Fsp3) is 0.111. The van der Waals surface area contributed by atoms with Crippen LogP contribution in [0.1, 0.15) is 17.0 Å². The highest BCUT2D eigenvalue weighted by atomic mass is 16.1. The number of benzene rings is 2. The minimum Gasteiger partial charge on any atom is -0.325 e. The molecule has 3 rings (SSSR count). The number of hydrogen-bond donors (Lipinski definition) is 1. The van der Waals surface area contributed by atoms with Crippen molar-refractivity contribution >= 4 is 11.6 Å². The Kier molecular flexibility index (Phi) is 3.53. The van der Waals surface area contributed by atoms with Crippen molar-refractivity contribution < 1.29 is 4.79 Å². The van der Waals surface area contributed by atoms with Gasteiger partial charge in [-0.2, -0.15) is 5.26 Å². The molecule has 1 heterocycles. The summed E-state index contributed by atoms with van der Waals surface area (Å²) in [6.45, 7) is 0. The molecule has 0 saturated heterocycles. The number of amides is 1. The second-order valence-electron chi connectivity index (χ2n) is 4.98. The summed E-state index contributed by atoms with van der Waals surface area (Å²) in [6.07, 6.45) is 1.97. The lowest BCUT2D eigenvalue weighted by Gasteiger charge is -2.26. The van der Waals surface area contributed by atoms with Crippen molar-refractivity contribution in [2.75, 3.05) is 0 Å². The maximum Gasteiger partial charge on any atom is 0.242 e. The largest absolute Gasteiger partial charge is 0.325 e. The summed E-state index contributed by atoms with van der Waals surface area (Å²) in [5, 5.41) is 12.1. The molecule has 1 amide bonds. The molecule has 0 radical (unpaired) electrons. The molecule has 0 spiro atoms. The fourth-order valence-electron chi connectivity index (χ4n) is 2.58. The molecular weight excluding hydrogens is 260 g/mol. The number of allylic oxidation sites excluding steroid dienone is 1. The summed E-state index contributed by atoms with van der Waals surface area (Å²) in [4.78, 5) is 12.2. The Morgan fingerprint density at radius 3 is 2.19 bits per heavy atom. The van der Waals surface area contributed by atoms with Gasteiger partial charge in [0.1, 0.15) is 5.92 Å². The van der Waals surface area contributed by atoms with Crippen LogP contribution in [-0.4, -0.2) is 5.91 Å². The highest BCUT2D eigenvalue weighted by molar-refractivity contribution is 5.93. The zero-order chi connectivity index (χ0) is 14.7. The summed E-state index contributed by atoms with van der Waals surface area (Å²) >= 11 is 0.